The number of nitrogens with zero attached hydrogens (tertiary/aromatic N) is 1. The summed E-state index contributed by atoms with van der Waals surface area (Å²) >= 11 is 0. The van der Waals surface area contributed by atoms with Gasteiger partial charge in [0.2, 0.25) is 0 Å². The number of hydrogen-bond donors (Lipinski definition) is 0. The van der Waals surface area contributed by atoms with E-state index < -0.39 is 5.82 Å². The van der Waals surface area contributed by atoms with Crippen molar-refractivity contribution in [1.82, 2.24) is 0 Å². The smallest absolute Gasteiger partial charge is 0.131 e. The minimum absolute atomic E-state index is 0.285. The standard InChI is InChI=1S/C26H18FNO/c27-26-11-4-3-10-25(26)22(17-28)16-19-12-14-23(15-13-19)29-18-21-8-5-7-20-6-1-2-9-24(20)21/h1-16H,18H2. The van der Waals surface area contributed by atoms with Gasteiger partial charge in [-0.25, -0.2) is 4.39 Å². The number of benzene rings is 4. The van der Waals surface area contributed by atoms with E-state index in [2.05, 4.69) is 30.3 Å². The van der Waals surface area contributed by atoms with E-state index in [9.17, 15) is 9.65 Å². The molecule has 0 aliphatic rings. The van der Waals surface area contributed by atoms with Crippen LogP contribution in [0.1, 0.15) is 16.7 Å². The van der Waals surface area contributed by atoms with Gasteiger partial charge in [-0.3, -0.25) is 0 Å². The van der Waals surface area contributed by atoms with Crippen LogP contribution in [-0.4, -0.2) is 0 Å². The summed E-state index contributed by atoms with van der Waals surface area (Å²) in [7, 11) is 0. The summed E-state index contributed by atoms with van der Waals surface area (Å²) in [5, 5.41) is 11.8. The zero-order valence-corrected chi connectivity index (χ0v) is 15.7. The molecular formula is C26H18FNO. The van der Waals surface area contributed by atoms with E-state index in [4.69, 9.17) is 4.74 Å². The highest BCUT2D eigenvalue weighted by atomic mass is 19.1. The number of allylic oxidation sites excluding steroid dienone is 1. The Morgan fingerprint density at radius 3 is 2.38 bits per heavy atom. The van der Waals surface area contributed by atoms with Gasteiger partial charge in [0, 0.05) is 5.56 Å². The third kappa shape index (κ3) is 4.17. The molecule has 3 heteroatoms. The van der Waals surface area contributed by atoms with Crippen molar-refractivity contribution in [3.05, 3.63) is 114 Å². The van der Waals surface area contributed by atoms with Crippen LogP contribution >= 0.6 is 0 Å². The Kier molecular flexibility index (Phi) is 5.36. The van der Waals surface area contributed by atoms with Gasteiger partial charge >= 0.3 is 0 Å². The van der Waals surface area contributed by atoms with Gasteiger partial charge in [0.05, 0.1) is 11.6 Å². The quantitative estimate of drug-likeness (QED) is 0.288. The predicted molar refractivity (Wildman–Crippen MR) is 115 cm³/mol. The van der Waals surface area contributed by atoms with E-state index in [1.165, 1.54) is 16.8 Å². The second kappa shape index (κ2) is 8.41. The fourth-order valence-corrected chi connectivity index (χ4v) is 3.26. The lowest BCUT2D eigenvalue weighted by Gasteiger charge is -2.09. The van der Waals surface area contributed by atoms with Gasteiger partial charge in [0.25, 0.3) is 0 Å². The first-order valence-corrected chi connectivity index (χ1v) is 9.31. The fourth-order valence-electron chi connectivity index (χ4n) is 3.26. The van der Waals surface area contributed by atoms with Crippen LogP contribution < -0.4 is 4.74 Å². The predicted octanol–water partition coefficient (Wildman–Crippen LogP) is 6.62. The Hall–Kier alpha value is -3.90. The molecule has 0 saturated carbocycles. The third-order valence-electron chi connectivity index (χ3n) is 4.75. The molecule has 0 unspecified atom stereocenters. The topological polar surface area (TPSA) is 33.0 Å². The zero-order chi connectivity index (χ0) is 20.1. The van der Waals surface area contributed by atoms with Crippen molar-refractivity contribution in [2.45, 2.75) is 6.61 Å². The van der Waals surface area contributed by atoms with Gasteiger partial charge < -0.3 is 4.74 Å². The number of halogens is 1. The highest BCUT2D eigenvalue weighted by molar-refractivity contribution is 5.89. The molecule has 2 nitrogen and oxygen atoms in total. The maximum atomic E-state index is 14.0. The minimum Gasteiger partial charge on any atom is -0.489 e. The van der Waals surface area contributed by atoms with E-state index in [-0.39, 0.29) is 5.57 Å². The van der Waals surface area contributed by atoms with E-state index >= 15 is 0 Å². The molecule has 0 fully saturated rings. The van der Waals surface area contributed by atoms with E-state index in [1.54, 1.807) is 24.3 Å². The largest absolute Gasteiger partial charge is 0.489 e. The Morgan fingerprint density at radius 2 is 1.59 bits per heavy atom. The Labute approximate surface area is 169 Å². The van der Waals surface area contributed by atoms with Crippen molar-refractivity contribution in [3.8, 4) is 11.8 Å². The van der Waals surface area contributed by atoms with Crippen molar-refractivity contribution in [3.63, 3.8) is 0 Å². The van der Waals surface area contributed by atoms with E-state index in [0.29, 0.717) is 12.2 Å². The summed E-state index contributed by atoms with van der Waals surface area (Å²) in [6, 6.07) is 30.2. The maximum absolute atomic E-state index is 14.0. The summed E-state index contributed by atoms with van der Waals surface area (Å²) in [6.07, 6.45) is 1.67. The monoisotopic (exact) mass is 379 g/mol. The number of nitriles is 1. The molecule has 0 N–H and O–H groups in total. The van der Waals surface area contributed by atoms with Crippen LogP contribution in [0.15, 0.2) is 91.0 Å². The van der Waals surface area contributed by atoms with Crippen LogP contribution in [0.5, 0.6) is 5.75 Å². The second-order valence-corrected chi connectivity index (χ2v) is 6.65. The highest BCUT2D eigenvalue weighted by Crippen LogP contribution is 2.23. The molecule has 0 spiro atoms. The van der Waals surface area contributed by atoms with Crippen molar-refractivity contribution < 1.29 is 9.13 Å². The van der Waals surface area contributed by atoms with Crippen LogP contribution in [-0.2, 0) is 6.61 Å². The van der Waals surface area contributed by atoms with Crippen molar-refractivity contribution in [2.24, 2.45) is 0 Å². The first-order valence-electron chi connectivity index (χ1n) is 9.31. The van der Waals surface area contributed by atoms with Crippen LogP contribution in [0, 0.1) is 17.1 Å². The molecule has 0 saturated heterocycles. The highest BCUT2D eigenvalue weighted by Gasteiger charge is 2.07. The molecule has 0 aromatic heterocycles. The number of fused-ring (bicyclic) bond motifs is 1. The molecule has 0 radical (unpaired) electrons. The Morgan fingerprint density at radius 1 is 0.862 bits per heavy atom. The lowest BCUT2D eigenvalue weighted by atomic mass is 10.0. The molecule has 0 aliphatic carbocycles. The Bertz CT molecular complexity index is 1210. The molecule has 4 aromatic carbocycles. The van der Waals surface area contributed by atoms with Crippen LogP contribution in [0.2, 0.25) is 0 Å². The van der Waals surface area contributed by atoms with Gasteiger partial charge in [-0.05, 0) is 46.2 Å². The van der Waals surface area contributed by atoms with Gasteiger partial charge in [-0.2, -0.15) is 5.26 Å². The van der Waals surface area contributed by atoms with Crippen LogP contribution in [0.25, 0.3) is 22.4 Å². The van der Waals surface area contributed by atoms with E-state index in [1.807, 2.05) is 42.5 Å². The van der Waals surface area contributed by atoms with Crippen LogP contribution in [0.3, 0.4) is 0 Å². The molecule has 140 valence electrons. The molecule has 4 aromatic rings. The second-order valence-electron chi connectivity index (χ2n) is 6.65. The van der Waals surface area contributed by atoms with E-state index in [0.717, 1.165) is 16.9 Å². The molecule has 29 heavy (non-hydrogen) atoms. The molecule has 0 amide bonds. The average molecular weight is 379 g/mol. The summed E-state index contributed by atoms with van der Waals surface area (Å²) in [5.41, 5.74) is 2.51. The van der Waals surface area contributed by atoms with Crippen molar-refractivity contribution >= 4 is 22.4 Å². The minimum atomic E-state index is -0.407. The average Bonchev–Trinajstić information content (AvgIpc) is 2.77. The zero-order valence-electron chi connectivity index (χ0n) is 15.7. The molecule has 4 rings (SSSR count). The number of hydrogen-bond acceptors (Lipinski definition) is 2. The number of ether oxygens (including phenoxy) is 1. The number of rotatable bonds is 5. The third-order valence-corrected chi connectivity index (χ3v) is 4.75. The summed E-state index contributed by atoms with van der Waals surface area (Å²) < 4.78 is 19.9. The molecular weight excluding hydrogens is 361 g/mol. The van der Waals surface area contributed by atoms with Gasteiger partial charge in [-0.15, -0.1) is 0 Å². The van der Waals surface area contributed by atoms with Gasteiger partial charge in [0.15, 0.2) is 0 Å². The van der Waals surface area contributed by atoms with Gasteiger partial charge in [0.1, 0.15) is 18.2 Å². The summed E-state index contributed by atoms with van der Waals surface area (Å²) in [4.78, 5) is 0. The maximum Gasteiger partial charge on any atom is 0.131 e. The summed E-state index contributed by atoms with van der Waals surface area (Å²) in [5.74, 6) is 0.329. The Balaban J connectivity index is 1.51. The van der Waals surface area contributed by atoms with Crippen LogP contribution in [0.4, 0.5) is 4.39 Å². The van der Waals surface area contributed by atoms with Gasteiger partial charge in [-0.1, -0.05) is 72.8 Å². The first kappa shape index (κ1) is 18.5. The molecule has 0 heterocycles. The lowest BCUT2D eigenvalue weighted by molar-refractivity contribution is 0.307. The SMILES string of the molecule is N#CC(=Cc1ccc(OCc2cccc3ccccc23)cc1)c1ccccc1F. The fraction of sp³-hybridized carbons (Fsp3) is 0.0385. The molecule has 0 bridgehead atoms. The van der Waals surface area contributed by atoms with Crippen molar-refractivity contribution in [1.29, 1.82) is 5.26 Å². The molecule has 0 aliphatic heterocycles. The van der Waals surface area contributed by atoms with Crippen molar-refractivity contribution in [2.75, 3.05) is 0 Å². The normalized spacial score (nSPS) is 11.2. The molecule has 0 atom stereocenters. The summed E-state index contributed by atoms with van der Waals surface area (Å²) in [6.45, 7) is 0.467. The lowest BCUT2D eigenvalue weighted by Crippen LogP contribution is -1.96. The first-order chi connectivity index (χ1) is 14.2.